The zero-order chi connectivity index (χ0) is 22.8. The molecule has 4 aromatic rings. The summed E-state index contributed by atoms with van der Waals surface area (Å²) in [5.41, 5.74) is 4.63. The van der Waals surface area contributed by atoms with Crippen molar-refractivity contribution in [1.29, 1.82) is 0 Å². The highest BCUT2D eigenvalue weighted by atomic mass is 35.5. The molecule has 0 spiro atoms. The Labute approximate surface area is 195 Å². The summed E-state index contributed by atoms with van der Waals surface area (Å²) in [5, 5.41) is 3.68. The lowest BCUT2D eigenvalue weighted by atomic mass is 10.1. The monoisotopic (exact) mass is 463 g/mol. The lowest BCUT2D eigenvalue weighted by molar-refractivity contribution is -0.116. The lowest BCUT2D eigenvalue weighted by Gasteiger charge is -2.19. The first-order valence-corrected chi connectivity index (χ1v) is 11.3. The normalized spacial score (nSPS) is 10.9. The summed E-state index contributed by atoms with van der Waals surface area (Å²) in [4.78, 5) is 33.1. The number of para-hydroxylation sites is 2. The van der Waals surface area contributed by atoms with Crippen molar-refractivity contribution in [3.63, 3.8) is 0 Å². The molecule has 2 heterocycles. The van der Waals surface area contributed by atoms with Crippen LogP contribution < -0.4 is 5.32 Å². The molecule has 2 amide bonds. The maximum atomic E-state index is 13.4. The molecule has 162 valence electrons. The highest BCUT2D eigenvalue weighted by molar-refractivity contribution is 7.19. The van der Waals surface area contributed by atoms with Crippen LogP contribution in [-0.4, -0.2) is 35.3 Å². The van der Waals surface area contributed by atoms with Gasteiger partial charge in [0.1, 0.15) is 0 Å². The highest BCUT2D eigenvalue weighted by Gasteiger charge is 2.20. The van der Waals surface area contributed by atoms with Crippen molar-refractivity contribution in [2.24, 2.45) is 0 Å². The number of nitrogens with one attached hydrogen (secondary N) is 1. The molecule has 0 unspecified atom stereocenters. The van der Waals surface area contributed by atoms with Crippen LogP contribution in [0.4, 0.5) is 5.69 Å². The molecule has 0 aliphatic heterocycles. The number of fused-ring (bicyclic) bond motifs is 1. The number of hydrogen-bond acceptors (Lipinski definition) is 4. The lowest BCUT2D eigenvalue weighted by Crippen LogP contribution is -2.35. The van der Waals surface area contributed by atoms with E-state index in [1.807, 2.05) is 68.4 Å². The molecule has 0 saturated carbocycles. The zero-order valence-corrected chi connectivity index (χ0v) is 19.6. The Balaban J connectivity index is 1.62. The van der Waals surface area contributed by atoms with Crippen LogP contribution in [0.2, 0.25) is 4.34 Å². The van der Waals surface area contributed by atoms with Crippen molar-refractivity contribution in [2.75, 3.05) is 18.9 Å². The molecule has 0 saturated heterocycles. The van der Waals surface area contributed by atoms with E-state index in [-0.39, 0.29) is 18.4 Å². The number of thiophene rings is 1. The minimum absolute atomic E-state index is 0.0661. The molecule has 2 aromatic heterocycles. The van der Waals surface area contributed by atoms with Crippen molar-refractivity contribution in [3.8, 4) is 10.6 Å². The van der Waals surface area contributed by atoms with Gasteiger partial charge in [0, 0.05) is 18.1 Å². The minimum Gasteiger partial charge on any atom is -0.332 e. The smallest absolute Gasteiger partial charge is 0.254 e. The number of carbonyl (C=O) groups excluding carboxylic acids is 2. The number of amides is 2. The molecule has 0 bridgehead atoms. The number of halogens is 1. The van der Waals surface area contributed by atoms with Crippen LogP contribution in [0.1, 0.15) is 21.5 Å². The van der Waals surface area contributed by atoms with Gasteiger partial charge in [-0.3, -0.25) is 9.59 Å². The summed E-state index contributed by atoms with van der Waals surface area (Å²) in [6.45, 7) is 3.82. The number of aromatic nitrogens is 1. The van der Waals surface area contributed by atoms with Gasteiger partial charge in [-0.15, -0.1) is 11.3 Å². The molecular weight excluding hydrogens is 442 g/mol. The van der Waals surface area contributed by atoms with Gasteiger partial charge in [-0.1, -0.05) is 48.0 Å². The average molecular weight is 464 g/mol. The average Bonchev–Trinajstić information content (AvgIpc) is 3.21. The van der Waals surface area contributed by atoms with E-state index in [1.54, 1.807) is 13.1 Å². The van der Waals surface area contributed by atoms with Crippen LogP contribution in [0.15, 0.2) is 60.7 Å². The Morgan fingerprint density at radius 2 is 1.75 bits per heavy atom. The zero-order valence-electron chi connectivity index (χ0n) is 18.0. The van der Waals surface area contributed by atoms with Gasteiger partial charge in [0.2, 0.25) is 5.91 Å². The van der Waals surface area contributed by atoms with Crippen LogP contribution in [-0.2, 0) is 4.79 Å². The Morgan fingerprint density at radius 1 is 1.03 bits per heavy atom. The molecule has 7 heteroatoms. The first-order chi connectivity index (χ1) is 15.3. The second kappa shape index (κ2) is 9.10. The van der Waals surface area contributed by atoms with Crippen LogP contribution in [0.3, 0.4) is 0 Å². The van der Waals surface area contributed by atoms with Gasteiger partial charge in [-0.2, -0.15) is 0 Å². The summed E-state index contributed by atoms with van der Waals surface area (Å²) in [6, 6.07) is 18.8. The molecular formula is C25H22ClN3O2S. The number of carbonyl (C=O) groups is 2. The van der Waals surface area contributed by atoms with E-state index in [0.717, 1.165) is 27.1 Å². The number of likely N-dealkylation sites (N-methyl/N-ethyl adjacent to an activating group) is 1. The van der Waals surface area contributed by atoms with Crippen LogP contribution in [0, 0.1) is 13.8 Å². The number of rotatable bonds is 5. The predicted octanol–water partition coefficient (Wildman–Crippen LogP) is 5.94. The number of benzene rings is 2. The van der Waals surface area contributed by atoms with Crippen LogP contribution in [0.25, 0.3) is 21.5 Å². The van der Waals surface area contributed by atoms with Crippen LogP contribution >= 0.6 is 22.9 Å². The van der Waals surface area contributed by atoms with E-state index in [1.165, 1.54) is 16.2 Å². The molecule has 2 aromatic carbocycles. The second-order valence-corrected chi connectivity index (χ2v) is 9.37. The number of anilines is 1. The third kappa shape index (κ3) is 4.52. The third-order valence-corrected chi connectivity index (χ3v) is 6.50. The summed E-state index contributed by atoms with van der Waals surface area (Å²) in [6.07, 6.45) is 0. The molecule has 5 nitrogen and oxygen atoms in total. The highest BCUT2D eigenvalue weighted by Crippen LogP contribution is 2.32. The molecule has 0 aliphatic rings. The van der Waals surface area contributed by atoms with Crippen molar-refractivity contribution < 1.29 is 9.59 Å². The Kier molecular flexibility index (Phi) is 6.26. The summed E-state index contributed by atoms with van der Waals surface area (Å²) in [5.74, 6) is -0.494. The Morgan fingerprint density at radius 3 is 2.44 bits per heavy atom. The quantitative estimate of drug-likeness (QED) is 0.398. The molecule has 0 radical (unpaired) electrons. The van der Waals surface area contributed by atoms with Gasteiger partial charge in [-0.05, 0) is 49.2 Å². The predicted molar refractivity (Wildman–Crippen MR) is 132 cm³/mol. The standard InChI is InChI=1S/C25H22ClN3O2S/c1-15-7-6-8-16(2)24(15)28-23(30)14-29(3)25(31)18-13-20(21-11-12-22(26)32-21)27-19-10-5-4-9-17(18)19/h4-13H,14H2,1-3H3,(H,28,30). The fraction of sp³-hybridized carbons (Fsp3) is 0.160. The van der Waals surface area contributed by atoms with E-state index >= 15 is 0 Å². The fourth-order valence-corrected chi connectivity index (χ4v) is 4.62. The van der Waals surface area contributed by atoms with Crippen molar-refractivity contribution in [1.82, 2.24) is 9.88 Å². The van der Waals surface area contributed by atoms with Gasteiger partial charge in [0.25, 0.3) is 5.91 Å². The SMILES string of the molecule is Cc1cccc(C)c1NC(=O)CN(C)C(=O)c1cc(-c2ccc(Cl)s2)nc2ccccc12. The Hall–Kier alpha value is -3.22. The maximum absolute atomic E-state index is 13.4. The van der Waals surface area contributed by atoms with Crippen molar-refractivity contribution in [2.45, 2.75) is 13.8 Å². The largest absolute Gasteiger partial charge is 0.332 e. The van der Waals surface area contributed by atoms with E-state index in [2.05, 4.69) is 5.32 Å². The molecule has 4 rings (SSSR count). The molecule has 32 heavy (non-hydrogen) atoms. The van der Waals surface area contributed by atoms with Gasteiger partial charge in [0.05, 0.1) is 32.5 Å². The van der Waals surface area contributed by atoms with Crippen LogP contribution in [0.5, 0.6) is 0 Å². The molecule has 1 N–H and O–H groups in total. The fourth-order valence-electron chi connectivity index (χ4n) is 3.61. The molecule has 0 atom stereocenters. The van der Waals surface area contributed by atoms with E-state index in [4.69, 9.17) is 16.6 Å². The van der Waals surface area contributed by atoms with Gasteiger partial charge >= 0.3 is 0 Å². The third-order valence-electron chi connectivity index (χ3n) is 5.25. The molecule has 0 aliphatic carbocycles. The van der Waals surface area contributed by atoms with E-state index in [0.29, 0.717) is 21.1 Å². The first kappa shape index (κ1) is 22.0. The van der Waals surface area contributed by atoms with E-state index < -0.39 is 0 Å². The Bertz CT molecular complexity index is 1310. The van der Waals surface area contributed by atoms with E-state index in [9.17, 15) is 9.59 Å². The molecule has 0 fully saturated rings. The number of pyridine rings is 1. The summed E-state index contributed by atoms with van der Waals surface area (Å²) in [7, 11) is 1.63. The van der Waals surface area contributed by atoms with Gasteiger partial charge < -0.3 is 10.2 Å². The topological polar surface area (TPSA) is 62.3 Å². The summed E-state index contributed by atoms with van der Waals surface area (Å²) >= 11 is 7.51. The first-order valence-electron chi connectivity index (χ1n) is 10.1. The number of aryl methyl sites for hydroxylation is 2. The van der Waals surface area contributed by atoms with Crippen molar-refractivity contribution in [3.05, 3.63) is 81.7 Å². The number of hydrogen-bond donors (Lipinski definition) is 1. The van der Waals surface area contributed by atoms with Crippen molar-refractivity contribution >= 4 is 51.3 Å². The summed E-state index contributed by atoms with van der Waals surface area (Å²) < 4.78 is 0.656. The minimum atomic E-state index is -0.248. The second-order valence-electron chi connectivity index (χ2n) is 7.65. The maximum Gasteiger partial charge on any atom is 0.254 e. The number of nitrogens with zero attached hydrogens (tertiary/aromatic N) is 2. The van der Waals surface area contributed by atoms with Gasteiger partial charge in [0.15, 0.2) is 0 Å². The van der Waals surface area contributed by atoms with Gasteiger partial charge in [-0.25, -0.2) is 4.98 Å².